The molecule has 0 atom stereocenters. The maximum absolute atomic E-state index is 12.9. The van der Waals surface area contributed by atoms with Crippen molar-refractivity contribution in [3.05, 3.63) is 95.0 Å². The molecule has 1 heterocycles. The van der Waals surface area contributed by atoms with E-state index in [1.165, 1.54) is 11.1 Å². The molecule has 0 radical (unpaired) electrons. The third-order valence-corrected chi connectivity index (χ3v) is 7.78. The average Bonchev–Trinajstić information content (AvgIpc) is 3.35. The van der Waals surface area contributed by atoms with E-state index in [9.17, 15) is 9.59 Å². The number of alkyl carbamates (subject to hydrolysis) is 1. The first-order valence-corrected chi connectivity index (χ1v) is 13.0. The van der Waals surface area contributed by atoms with Crippen LogP contribution in [-0.4, -0.2) is 43.6 Å². The molecule has 0 unspecified atom stereocenters. The maximum Gasteiger partial charge on any atom is 0.492 e. The lowest BCUT2D eigenvalue weighted by atomic mass is 9.77. The van der Waals surface area contributed by atoms with Crippen molar-refractivity contribution < 1.29 is 23.6 Å². The molecule has 1 amide bonds. The lowest BCUT2D eigenvalue weighted by Gasteiger charge is -2.32. The third kappa shape index (κ3) is 5.32. The van der Waals surface area contributed by atoms with Gasteiger partial charge in [0.2, 0.25) is 6.08 Å². The van der Waals surface area contributed by atoms with Crippen molar-refractivity contribution in [2.24, 2.45) is 4.99 Å². The van der Waals surface area contributed by atoms with E-state index in [0.717, 1.165) is 11.1 Å². The number of carbonyl (C=O) groups is 1. The predicted molar refractivity (Wildman–Crippen MR) is 151 cm³/mol. The number of aliphatic imine (C=N–C) groups is 1. The second-order valence-corrected chi connectivity index (χ2v) is 10.7. The van der Waals surface area contributed by atoms with E-state index >= 15 is 0 Å². The monoisotopic (exact) mass is 522 g/mol. The molecule has 1 N–H and O–H groups in total. The van der Waals surface area contributed by atoms with Gasteiger partial charge in [0.25, 0.3) is 0 Å². The van der Waals surface area contributed by atoms with Crippen LogP contribution in [0, 0.1) is 0 Å². The number of hydrogen-bond acceptors (Lipinski definition) is 6. The third-order valence-electron chi connectivity index (χ3n) is 7.78. The first-order chi connectivity index (χ1) is 18.7. The van der Waals surface area contributed by atoms with Crippen molar-refractivity contribution in [2.75, 3.05) is 13.2 Å². The molecule has 5 rings (SSSR count). The summed E-state index contributed by atoms with van der Waals surface area (Å²) in [5.74, 6) is -0.0330. The Morgan fingerprint density at radius 1 is 0.949 bits per heavy atom. The zero-order valence-electron chi connectivity index (χ0n) is 22.6. The van der Waals surface area contributed by atoms with E-state index in [4.69, 9.17) is 14.0 Å². The van der Waals surface area contributed by atoms with Crippen LogP contribution in [-0.2, 0) is 18.8 Å². The fourth-order valence-corrected chi connectivity index (χ4v) is 4.98. The van der Waals surface area contributed by atoms with Crippen molar-refractivity contribution >= 4 is 31.1 Å². The van der Waals surface area contributed by atoms with Crippen molar-refractivity contribution in [2.45, 2.75) is 44.8 Å². The number of para-hydroxylation sites is 1. The zero-order chi connectivity index (χ0) is 27.6. The van der Waals surface area contributed by atoms with Crippen LogP contribution >= 0.6 is 0 Å². The summed E-state index contributed by atoms with van der Waals surface area (Å²) >= 11 is 0. The molecule has 3 aromatic carbocycles. The number of nitrogens with zero attached hydrogens (tertiary/aromatic N) is 1. The summed E-state index contributed by atoms with van der Waals surface area (Å²) in [5.41, 5.74) is 5.31. The predicted octanol–water partition coefficient (Wildman–Crippen LogP) is 6.21. The normalized spacial score (nSPS) is 17.2. The fraction of sp³-hybridized carbons (Fsp3) is 0.290. The van der Waals surface area contributed by atoms with Gasteiger partial charge in [-0.2, -0.15) is 4.99 Å². The summed E-state index contributed by atoms with van der Waals surface area (Å²) in [4.78, 5) is 27.7. The Bertz CT molecular complexity index is 1410. The second-order valence-electron chi connectivity index (χ2n) is 10.7. The minimum absolute atomic E-state index is 0.0330. The van der Waals surface area contributed by atoms with Gasteiger partial charge in [-0.3, -0.25) is 0 Å². The Morgan fingerprint density at radius 3 is 2.13 bits per heavy atom. The average molecular weight is 522 g/mol. The summed E-state index contributed by atoms with van der Waals surface area (Å²) in [5, 5.41) is 2.86. The van der Waals surface area contributed by atoms with Crippen molar-refractivity contribution in [1.82, 2.24) is 5.32 Å². The van der Waals surface area contributed by atoms with Gasteiger partial charge in [-0.25, -0.2) is 9.59 Å². The molecule has 7 nitrogen and oxygen atoms in total. The molecule has 1 saturated heterocycles. The molecule has 1 aliphatic carbocycles. The Balaban J connectivity index is 1.33. The van der Waals surface area contributed by atoms with Gasteiger partial charge in [-0.15, -0.1) is 0 Å². The van der Waals surface area contributed by atoms with Crippen LogP contribution in [0.3, 0.4) is 0 Å². The number of nitrogens with one attached hydrogen (secondary N) is 1. The SMILES string of the molecule is CC1(C)OB(C(=Cc2ccccc2N=C=O)CNC(=O)OCC2c3ccccc3-c3ccccc32)OC1(C)C. The fourth-order valence-electron chi connectivity index (χ4n) is 4.98. The van der Waals surface area contributed by atoms with Crippen molar-refractivity contribution in [3.63, 3.8) is 0 Å². The number of fused-ring (bicyclic) bond motifs is 3. The molecule has 1 fully saturated rings. The molecule has 8 heteroatoms. The number of amides is 1. The highest BCUT2D eigenvalue weighted by Crippen LogP contribution is 2.44. The van der Waals surface area contributed by atoms with Gasteiger partial charge in [0.1, 0.15) is 6.61 Å². The van der Waals surface area contributed by atoms with Crippen LogP contribution in [0.5, 0.6) is 0 Å². The topological polar surface area (TPSA) is 86.2 Å². The smallest absolute Gasteiger partial charge is 0.449 e. The highest BCUT2D eigenvalue weighted by Gasteiger charge is 2.52. The van der Waals surface area contributed by atoms with E-state index in [1.807, 2.05) is 70.2 Å². The highest BCUT2D eigenvalue weighted by atomic mass is 16.7. The zero-order valence-corrected chi connectivity index (χ0v) is 22.6. The van der Waals surface area contributed by atoms with E-state index < -0.39 is 24.4 Å². The minimum Gasteiger partial charge on any atom is -0.449 e. The van der Waals surface area contributed by atoms with Gasteiger partial charge in [0.15, 0.2) is 0 Å². The van der Waals surface area contributed by atoms with Crippen LogP contribution in [0.15, 0.2) is 83.3 Å². The summed E-state index contributed by atoms with van der Waals surface area (Å²) < 4.78 is 18.2. The molecule has 3 aromatic rings. The molecule has 1 aliphatic heterocycles. The van der Waals surface area contributed by atoms with Crippen LogP contribution < -0.4 is 5.32 Å². The Kier molecular flexibility index (Phi) is 7.28. The number of carbonyl (C=O) groups excluding carboxylic acids is 2. The van der Waals surface area contributed by atoms with Crippen molar-refractivity contribution in [1.29, 1.82) is 0 Å². The standard InChI is InChI=1S/C31H31BN2O5/c1-30(2)31(3,4)39-32(38-30)22(17-21-11-5-10-16-28(21)34-20-35)18-33-29(36)37-19-27-25-14-8-6-12-23(25)24-13-7-9-15-26(24)27/h5-17,27H,18-19H2,1-4H3,(H,33,36). The van der Waals surface area contributed by atoms with E-state index in [-0.39, 0.29) is 19.1 Å². The van der Waals surface area contributed by atoms with Crippen LogP contribution in [0.25, 0.3) is 17.2 Å². The Morgan fingerprint density at radius 2 is 1.51 bits per heavy atom. The van der Waals surface area contributed by atoms with Gasteiger partial charge in [-0.1, -0.05) is 72.8 Å². The Hall–Kier alpha value is -3.97. The minimum atomic E-state index is -0.711. The van der Waals surface area contributed by atoms with E-state index in [0.29, 0.717) is 16.7 Å². The number of isocyanates is 1. The molecule has 0 bridgehead atoms. The molecule has 0 spiro atoms. The van der Waals surface area contributed by atoms with Gasteiger partial charge in [0.05, 0.1) is 16.9 Å². The number of rotatable bonds is 7. The van der Waals surface area contributed by atoms with Gasteiger partial charge in [0, 0.05) is 18.0 Å². The molecule has 0 aromatic heterocycles. The quantitative estimate of drug-likeness (QED) is 0.227. The summed E-state index contributed by atoms with van der Waals surface area (Å²) in [6.07, 6.45) is 2.87. The highest BCUT2D eigenvalue weighted by molar-refractivity contribution is 6.56. The van der Waals surface area contributed by atoms with E-state index in [1.54, 1.807) is 18.2 Å². The molecular formula is C31H31BN2O5. The summed E-state index contributed by atoms with van der Waals surface area (Å²) in [7, 11) is -0.711. The molecular weight excluding hydrogens is 491 g/mol. The van der Waals surface area contributed by atoms with Crippen molar-refractivity contribution in [3.8, 4) is 11.1 Å². The molecule has 198 valence electrons. The number of hydrogen-bond donors (Lipinski definition) is 1. The van der Waals surface area contributed by atoms with Gasteiger partial charge in [-0.05, 0) is 61.5 Å². The molecule has 2 aliphatic rings. The number of ether oxygens (including phenoxy) is 1. The largest absolute Gasteiger partial charge is 0.492 e. The summed E-state index contributed by atoms with van der Waals surface area (Å²) in [6.45, 7) is 8.20. The lowest BCUT2D eigenvalue weighted by molar-refractivity contribution is 0.00578. The van der Waals surface area contributed by atoms with E-state index in [2.05, 4.69) is 34.6 Å². The Labute approximate surface area is 229 Å². The summed E-state index contributed by atoms with van der Waals surface area (Å²) in [6, 6.07) is 23.6. The first-order valence-electron chi connectivity index (χ1n) is 13.0. The lowest BCUT2D eigenvalue weighted by Crippen LogP contribution is -2.41. The first kappa shape index (κ1) is 26.6. The van der Waals surface area contributed by atoms with Crippen LogP contribution in [0.4, 0.5) is 10.5 Å². The second kappa shape index (κ2) is 10.7. The van der Waals surface area contributed by atoms with Crippen LogP contribution in [0.2, 0.25) is 0 Å². The molecule has 0 saturated carbocycles. The number of benzene rings is 3. The molecule has 39 heavy (non-hydrogen) atoms. The van der Waals surface area contributed by atoms with Crippen LogP contribution in [0.1, 0.15) is 50.3 Å². The van der Waals surface area contributed by atoms with Gasteiger partial charge < -0.3 is 19.4 Å². The maximum atomic E-state index is 12.9. The van der Waals surface area contributed by atoms with Gasteiger partial charge >= 0.3 is 13.2 Å².